The van der Waals surface area contributed by atoms with Crippen molar-refractivity contribution in [2.75, 3.05) is 31.6 Å². The lowest BCUT2D eigenvalue weighted by Crippen LogP contribution is -2.34. The van der Waals surface area contributed by atoms with Crippen LogP contribution in [-0.2, 0) is 12.8 Å². The fourth-order valence-corrected chi connectivity index (χ4v) is 3.60. The molecule has 1 aliphatic heterocycles. The molecule has 2 rings (SSSR count). The maximum Gasteiger partial charge on any atom is 0.319 e. The van der Waals surface area contributed by atoms with Gasteiger partial charge in [0.15, 0.2) is 0 Å². The van der Waals surface area contributed by atoms with Crippen LogP contribution in [0.4, 0.5) is 10.5 Å². The van der Waals surface area contributed by atoms with Crippen LogP contribution in [-0.4, -0.2) is 48.3 Å². The molecule has 1 fully saturated rings. The number of hydrogen-bond acceptors (Lipinski definition) is 3. The first-order valence-electron chi connectivity index (χ1n) is 9.70. The van der Waals surface area contributed by atoms with Gasteiger partial charge in [0.05, 0.1) is 6.61 Å². The number of urea groups is 1. The normalized spacial score (nSPS) is 17.6. The Hall–Kier alpha value is -1.59. The number of nitrogens with zero attached hydrogens (tertiary/aromatic N) is 1. The Morgan fingerprint density at radius 3 is 2.60 bits per heavy atom. The molecule has 25 heavy (non-hydrogen) atoms. The number of anilines is 1. The summed E-state index contributed by atoms with van der Waals surface area (Å²) in [5.74, 6) is 0. The highest BCUT2D eigenvalue weighted by Gasteiger charge is 2.22. The van der Waals surface area contributed by atoms with Gasteiger partial charge in [0.25, 0.3) is 0 Å². The molecule has 1 aromatic carbocycles. The zero-order valence-corrected chi connectivity index (χ0v) is 15.7. The van der Waals surface area contributed by atoms with Gasteiger partial charge in [-0.05, 0) is 62.7 Å². The number of aryl methyl sites for hydroxylation is 2. The van der Waals surface area contributed by atoms with E-state index >= 15 is 0 Å². The molecule has 0 saturated carbocycles. The monoisotopic (exact) mass is 347 g/mol. The molecule has 0 aliphatic carbocycles. The minimum atomic E-state index is -0.120. The number of hydrogen-bond donors (Lipinski definition) is 3. The van der Waals surface area contributed by atoms with Gasteiger partial charge in [0, 0.05) is 18.3 Å². The largest absolute Gasteiger partial charge is 0.395 e. The summed E-state index contributed by atoms with van der Waals surface area (Å²) in [5, 5.41) is 15.3. The van der Waals surface area contributed by atoms with Gasteiger partial charge in [-0.3, -0.25) is 4.90 Å². The molecular weight excluding hydrogens is 314 g/mol. The van der Waals surface area contributed by atoms with Gasteiger partial charge < -0.3 is 15.7 Å². The van der Waals surface area contributed by atoms with Crippen molar-refractivity contribution in [1.29, 1.82) is 0 Å². The van der Waals surface area contributed by atoms with Crippen LogP contribution in [0.2, 0.25) is 0 Å². The van der Waals surface area contributed by atoms with E-state index in [1.165, 1.54) is 17.5 Å². The van der Waals surface area contributed by atoms with Crippen molar-refractivity contribution in [2.24, 2.45) is 0 Å². The minimum absolute atomic E-state index is 0.120. The molecule has 1 heterocycles. The van der Waals surface area contributed by atoms with Crippen LogP contribution < -0.4 is 10.6 Å². The minimum Gasteiger partial charge on any atom is -0.395 e. The highest BCUT2D eigenvalue weighted by atomic mass is 16.3. The molecule has 3 N–H and O–H groups in total. The Bertz CT molecular complexity index is 525. The van der Waals surface area contributed by atoms with E-state index in [9.17, 15) is 9.90 Å². The predicted octanol–water partition coefficient (Wildman–Crippen LogP) is 3.17. The molecule has 5 heteroatoms. The summed E-state index contributed by atoms with van der Waals surface area (Å²) in [6.45, 7) is 7.25. The van der Waals surface area contributed by atoms with Crippen molar-refractivity contribution in [3.05, 3.63) is 29.3 Å². The van der Waals surface area contributed by atoms with Crippen molar-refractivity contribution < 1.29 is 9.90 Å². The van der Waals surface area contributed by atoms with Crippen LogP contribution in [0.1, 0.15) is 50.7 Å². The molecule has 1 aromatic rings. The lowest BCUT2D eigenvalue weighted by molar-refractivity contribution is 0.157. The van der Waals surface area contributed by atoms with E-state index in [4.69, 9.17) is 0 Å². The van der Waals surface area contributed by atoms with Crippen molar-refractivity contribution in [1.82, 2.24) is 10.2 Å². The van der Waals surface area contributed by atoms with E-state index in [2.05, 4.69) is 47.6 Å². The standard InChI is InChI=1S/C20H33N3O2/c1-3-16-9-7-10-17(4-2)19(16)22-20(25)21-12-5-6-13-23-14-8-11-18(23)15-24/h7,9-10,18,24H,3-6,8,11-15H2,1-2H3,(H2,21,22,25)/t18-/m0/s1. The highest BCUT2D eigenvalue weighted by Crippen LogP contribution is 2.22. The number of aliphatic hydroxyl groups excluding tert-OH is 1. The van der Waals surface area contributed by atoms with E-state index < -0.39 is 0 Å². The molecule has 1 saturated heterocycles. The zero-order valence-electron chi connectivity index (χ0n) is 15.7. The molecule has 1 aliphatic rings. The van der Waals surface area contributed by atoms with Gasteiger partial charge in [-0.2, -0.15) is 0 Å². The number of nitrogens with one attached hydrogen (secondary N) is 2. The van der Waals surface area contributed by atoms with Crippen LogP contribution in [0.3, 0.4) is 0 Å². The van der Waals surface area contributed by atoms with Crippen molar-refractivity contribution >= 4 is 11.7 Å². The Labute approximate surface area is 151 Å². The summed E-state index contributed by atoms with van der Waals surface area (Å²) in [6.07, 6.45) is 6.10. The average molecular weight is 348 g/mol. The van der Waals surface area contributed by atoms with Crippen LogP contribution >= 0.6 is 0 Å². The van der Waals surface area contributed by atoms with Gasteiger partial charge in [0.2, 0.25) is 0 Å². The summed E-state index contributed by atoms with van der Waals surface area (Å²) in [4.78, 5) is 14.6. The summed E-state index contributed by atoms with van der Waals surface area (Å²) in [6, 6.07) is 6.42. The number of aliphatic hydroxyl groups is 1. The van der Waals surface area contributed by atoms with Crippen molar-refractivity contribution in [2.45, 2.75) is 58.4 Å². The van der Waals surface area contributed by atoms with Gasteiger partial charge in [0.1, 0.15) is 0 Å². The molecule has 0 spiro atoms. The summed E-state index contributed by atoms with van der Waals surface area (Å²) >= 11 is 0. The van der Waals surface area contributed by atoms with Crippen molar-refractivity contribution in [3.63, 3.8) is 0 Å². The van der Waals surface area contributed by atoms with Crippen LogP contribution in [0.5, 0.6) is 0 Å². The molecule has 140 valence electrons. The molecule has 2 amide bonds. The SMILES string of the molecule is CCc1cccc(CC)c1NC(=O)NCCCCN1CCC[C@H]1CO. The van der Waals surface area contributed by atoms with Gasteiger partial charge in [-0.15, -0.1) is 0 Å². The first-order valence-corrected chi connectivity index (χ1v) is 9.70. The first kappa shape index (κ1) is 19.7. The second-order valence-electron chi connectivity index (χ2n) is 6.76. The van der Waals surface area contributed by atoms with E-state index in [0.29, 0.717) is 12.6 Å². The summed E-state index contributed by atoms with van der Waals surface area (Å²) in [5.41, 5.74) is 3.32. The average Bonchev–Trinajstić information content (AvgIpc) is 3.09. The Morgan fingerprint density at radius 1 is 1.24 bits per heavy atom. The van der Waals surface area contributed by atoms with Gasteiger partial charge >= 0.3 is 6.03 Å². The third-order valence-electron chi connectivity index (χ3n) is 5.10. The number of amides is 2. The Morgan fingerprint density at radius 2 is 1.96 bits per heavy atom. The molecule has 5 nitrogen and oxygen atoms in total. The lowest BCUT2D eigenvalue weighted by Gasteiger charge is -2.22. The highest BCUT2D eigenvalue weighted by molar-refractivity contribution is 5.91. The topological polar surface area (TPSA) is 64.6 Å². The number of carbonyl (C=O) groups excluding carboxylic acids is 1. The smallest absolute Gasteiger partial charge is 0.319 e. The Balaban J connectivity index is 1.71. The molecule has 1 atom stereocenters. The molecule has 0 radical (unpaired) electrons. The van der Waals surface area contributed by atoms with Crippen LogP contribution in [0, 0.1) is 0 Å². The molecule has 0 bridgehead atoms. The second-order valence-corrected chi connectivity index (χ2v) is 6.76. The number of benzene rings is 1. The molecule has 0 aromatic heterocycles. The third kappa shape index (κ3) is 5.72. The number of rotatable bonds is 9. The quantitative estimate of drug-likeness (QED) is 0.601. The van der Waals surface area contributed by atoms with Crippen LogP contribution in [0.25, 0.3) is 0 Å². The third-order valence-corrected chi connectivity index (χ3v) is 5.10. The predicted molar refractivity (Wildman–Crippen MR) is 103 cm³/mol. The van der Waals surface area contributed by atoms with E-state index in [-0.39, 0.29) is 12.6 Å². The van der Waals surface area contributed by atoms with E-state index in [0.717, 1.165) is 50.9 Å². The summed E-state index contributed by atoms with van der Waals surface area (Å²) < 4.78 is 0. The Kier molecular flexibility index (Phi) is 8.22. The summed E-state index contributed by atoms with van der Waals surface area (Å²) in [7, 11) is 0. The number of carbonyl (C=O) groups is 1. The van der Waals surface area contributed by atoms with Crippen molar-refractivity contribution in [3.8, 4) is 0 Å². The number of likely N-dealkylation sites (tertiary alicyclic amines) is 1. The van der Waals surface area contributed by atoms with E-state index in [1.807, 2.05) is 0 Å². The number of para-hydroxylation sites is 1. The second kappa shape index (κ2) is 10.4. The maximum atomic E-state index is 12.2. The first-order chi connectivity index (χ1) is 12.2. The van der Waals surface area contributed by atoms with Crippen LogP contribution in [0.15, 0.2) is 18.2 Å². The maximum absolute atomic E-state index is 12.2. The molecule has 0 unspecified atom stereocenters. The molecular formula is C20H33N3O2. The fourth-order valence-electron chi connectivity index (χ4n) is 3.60. The van der Waals surface area contributed by atoms with E-state index in [1.54, 1.807) is 0 Å². The number of unbranched alkanes of at least 4 members (excludes halogenated alkanes) is 1. The lowest BCUT2D eigenvalue weighted by atomic mass is 10.0. The van der Waals surface area contributed by atoms with Gasteiger partial charge in [-0.1, -0.05) is 32.0 Å². The van der Waals surface area contributed by atoms with Gasteiger partial charge in [-0.25, -0.2) is 4.79 Å². The zero-order chi connectivity index (χ0) is 18.1. The fraction of sp³-hybridized carbons (Fsp3) is 0.650.